The number of carbonyl (C=O) groups excluding carboxylic acids is 1. The maximum Gasteiger partial charge on any atom is 0.231 e. The third kappa shape index (κ3) is 2.81. The molecule has 112 valence electrons. The third-order valence-corrected chi connectivity index (χ3v) is 4.98. The first-order valence-electron chi connectivity index (χ1n) is 7.17. The van der Waals surface area contributed by atoms with E-state index in [1.165, 1.54) is 11.3 Å². The number of rotatable bonds is 3. The van der Waals surface area contributed by atoms with E-state index in [2.05, 4.69) is 16.5 Å². The molecule has 3 rings (SSSR count). The molecular weight excluding hydrogens is 296 g/mol. The van der Waals surface area contributed by atoms with E-state index < -0.39 is 0 Å². The fourth-order valence-electron chi connectivity index (χ4n) is 2.70. The summed E-state index contributed by atoms with van der Waals surface area (Å²) in [5.41, 5.74) is 1.09. The van der Waals surface area contributed by atoms with Crippen LogP contribution in [0.4, 0.5) is 5.13 Å². The van der Waals surface area contributed by atoms with Crippen molar-refractivity contribution >= 4 is 22.4 Å². The van der Waals surface area contributed by atoms with Crippen molar-refractivity contribution in [3.8, 4) is 16.6 Å². The van der Waals surface area contributed by atoms with Crippen LogP contribution in [0.5, 0.6) is 0 Å². The summed E-state index contributed by atoms with van der Waals surface area (Å²) in [5.74, 6) is -0.220. The van der Waals surface area contributed by atoms with Crippen LogP contribution in [0.3, 0.4) is 0 Å². The van der Waals surface area contributed by atoms with Crippen molar-refractivity contribution in [2.45, 2.75) is 19.4 Å². The molecule has 0 aliphatic carbocycles. The molecule has 0 bridgehead atoms. The summed E-state index contributed by atoms with van der Waals surface area (Å²) in [4.78, 5) is 19.3. The average molecular weight is 312 g/mol. The second kappa shape index (κ2) is 6.16. The smallest absolute Gasteiger partial charge is 0.231 e. The van der Waals surface area contributed by atoms with Crippen LogP contribution in [0.15, 0.2) is 36.5 Å². The first-order valence-corrected chi connectivity index (χ1v) is 7.99. The summed E-state index contributed by atoms with van der Waals surface area (Å²) >= 11 is 1.46. The van der Waals surface area contributed by atoms with Gasteiger partial charge in [0.25, 0.3) is 0 Å². The summed E-state index contributed by atoms with van der Waals surface area (Å²) in [5, 5.41) is 12.5. The lowest BCUT2D eigenvalue weighted by molar-refractivity contribution is -0.120. The van der Waals surface area contributed by atoms with Crippen molar-refractivity contribution in [3.63, 3.8) is 0 Å². The van der Waals surface area contributed by atoms with Gasteiger partial charge in [0, 0.05) is 18.8 Å². The quantitative estimate of drug-likeness (QED) is 0.885. The zero-order chi connectivity index (χ0) is 15.5. The van der Waals surface area contributed by atoms with Crippen molar-refractivity contribution in [3.05, 3.63) is 36.5 Å². The average Bonchev–Trinajstić information content (AvgIpc) is 3.14. The predicted molar refractivity (Wildman–Crippen MR) is 86.1 cm³/mol. The Hall–Kier alpha value is -2.39. The van der Waals surface area contributed by atoms with Crippen LogP contribution in [-0.4, -0.2) is 28.4 Å². The number of benzene rings is 1. The molecule has 5 nitrogen and oxygen atoms in total. The number of aromatic nitrogens is 1. The first kappa shape index (κ1) is 14.5. The van der Waals surface area contributed by atoms with Crippen molar-refractivity contribution in [2.24, 2.45) is 5.92 Å². The second-order valence-corrected chi connectivity index (χ2v) is 6.34. The lowest BCUT2D eigenvalue weighted by atomic mass is 10.0. The lowest BCUT2D eigenvalue weighted by Crippen LogP contribution is -2.32. The summed E-state index contributed by atoms with van der Waals surface area (Å²) in [6.45, 7) is 2.56. The maximum atomic E-state index is 12.4. The van der Waals surface area contributed by atoms with Crippen molar-refractivity contribution in [2.75, 3.05) is 11.9 Å². The number of hydrogen-bond acceptors (Lipinski definition) is 5. The zero-order valence-electron chi connectivity index (χ0n) is 12.2. The van der Waals surface area contributed by atoms with Crippen molar-refractivity contribution < 1.29 is 4.79 Å². The Morgan fingerprint density at radius 1 is 1.45 bits per heavy atom. The van der Waals surface area contributed by atoms with E-state index in [1.807, 2.05) is 37.3 Å². The van der Waals surface area contributed by atoms with Gasteiger partial charge in [-0.3, -0.25) is 4.79 Å². The highest BCUT2D eigenvalue weighted by molar-refractivity contribution is 7.19. The Kier molecular flexibility index (Phi) is 4.07. The molecule has 6 heteroatoms. The Balaban J connectivity index is 1.68. The topological polar surface area (TPSA) is 69.0 Å². The van der Waals surface area contributed by atoms with Gasteiger partial charge in [-0.1, -0.05) is 41.7 Å². The Morgan fingerprint density at radius 2 is 2.23 bits per heavy atom. The SMILES string of the molecule is C[C@H]1[C@@H](C(=O)Nc2ncc(-c3ccccc3)s2)CCN1C#N. The highest BCUT2D eigenvalue weighted by atomic mass is 32.1. The molecule has 1 aliphatic heterocycles. The van der Waals surface area contributed by atoms with Gasteiger partial charge < -0.3 is 10.2 Å². The van der Waals surface area contributed by atoms with Gasteiger partial charge in [-0.2, -0.15) is 5.26 Å². The van der Waals surface area contributed by atoms with E-state index in [-0.39, 0.29) is 17.9 Å². The molecule has 1 aromatic carbocycles. The minimum absolute atomic E-state index is 0.0563. The zero-order valence-corrected chi connectivity index (χ0v) is 13.0. The molecule has 0 saturated carbocycles. The van der Waals surface area contributed by atoms with Gasteiger partial charge in [0.05, 0.1) is 10.8 Å². The van der Waals surface area contributed by atoms with E-state index >= 15 is 0 Å². The molecule has 1 saturated heterocycles. The molecule has 22 heavy (non-hydrogen) atoms. The first-order chi connectivity index (χ1) is 10.7. The van der Waals surface area contributed by atoms with Gasteiger partial charge in [0.2, 0.25) is 5.91 Å². The van der Waals surface area contributed by atoms with Gasteiger partial charge in [-0.25, -0.2) is 4.98 Å². The highest BCUT2D eigenvalue weighted by Crippen LogP contribution is 2.30. The molecule has 2 aromatic rings. The lowest BCUT2D eigenvalue weighted by Gasteiger charge is -2.18. The highest BCUT2D eigenvalue weighted by Gasteiger charge is 2.35. The number of nitrogens with zero attached hydrogens (tertiary/aromatic N) is 3. The molecule has 2 heterocycles. The monoisotopic (exact) mass is 312 g/mol. The van der Waals surface area contributed by atoms with Crippen LogP contribution in [0, 0.1) is 17.4 Å². The van der Waals surface area contributed by atoms with Gasteiger partial charge in [-0.15, -0.1) is 0 Å². The van der Waals surface area contributed by atoms with Crippen molar-refractivity contribution in [1.82, 2.24) is 9.88 Å². The Labute approximate surface area is 133 Å². The molecular formula is C16H16N4OS. The number of anilines is 1. The largest absolute Gasteiger partial charge is 0.307 e. The number of nitriles is 1. The Bertz CT molecular complexity index is 706. The van der Waals surface area contributed by atoms with Crippen LogP contribution in [0.1, 0.15) is 13.3 Å². The van der Waals surface area contributed by atoms with E-state index in [0.29, 0.717) is 18.1 Å². The molecule has 0 unspecified atom stereocenters. The van der Waals surface area contributed by atoms with Gasteiger partial charge in [0.1, 0.15) is 0 Å². The van der Waals surface area contributed by atoms with E-state index in [1.54, 1.807) is 11.1 Å². The summed E-state index contributed by atoms with van der Waals surface area (Å²) in [6.07, 6.45) is 4.61. The van der Waals surface area contributed by atoms with Gasteiger partial charge >= 0.3 is 0 Å². The van der Waals surface area contributed by atoms with Gasteiger partial charge in [-0.05, 0) is 18.9 Å². The summed E-state index contributed by atoms with van der Waals surface area (Å²) < 4.78 is 0. The fourth-order valence-corrected chi connectivity index (χ4v) is 3.52. The van der Waals surface area contributed by atoms with Crippen LogP contribution in [0.2, 0.25) is 0 Å². The molecule has 1 amide bonds. The second-order valence-electron chi connectivity index (χ2n) is 5.31. The Morgan fingerprint density at radius 3 is 2.91 bits per heavy atom. The van der Waals surface area contributed by atoms with E-state index in [9.17, 15) is 4.79 Å². The number of amides is 1. The van der Waals surface area contributed by atoms with Crippen LogP contribution >= 0.6 is 11.3 Å². The molecule has 1 aliphatic rings. The number of hydrogen-bond donors (Lipinski definition) is 1. The summed E-state index contributed by atoms with van der Waals surface area (Å²) in [6, 6.07) is 9.90. The molecule has 1 aromatic heterocycles. The number of nitrogens with one attached hydrogen (secondary N) is 1. The third-order valence-electron chi connectivity index (χ3n) is 4.01. The number of thiazole rings is 1. The minimum Gasteiger partial charge on any atom is -0.307 e. The molecule has 0 spiro atoms. The van der Waals surface area contributed by atoms with E-state index in [4.69, 9.17) is 5.26 Å². The maximum absolute atomic E-state index is 12.4. The standard InChI is InChI=1S/C16H16N4OS/c1-11-13(7-8-20(11)10-17)15(21)19-16-18-9-14(22-16)12-5-3-2-4-6-12/h2-6,9,11,13H,7-8H2,1H3,(H,18,19,21)/t11-,13-/m0/s1. The molecule has 0 radical (unpaired) electrons. The summed E-state index contributed by atoms with van der Waals surface area (Å²) in [7, 11) is 0. The normalized spacial score (nSPS) is 20.6. The fraction of sp³-hybridized carbons (Fsp3) is 0.312. The van der Waals surface area contributed by atoms with Gasteiger partial charge in [0.15, 0.2) is 11.3 Å². The molecule has 1 fully saturated rings. The molecule has 1 N–H and O–H groups in total. The van der Waals surface area contributed by atoms with Crippen molar-refractivity contribution in [1.29, 1.82) is 5.26 Å². The molecule has 2 atom stereocenters. The number of likely N-dealkylation sites (tertiary alicyclic amines) is 1. The minimum atomic E-state index is -0.163. The van der Waals surface area contributed by atoms with Crippen LogP contribution in [0.25, 0.3) is 10.4 Å². The van der Waals surface area contributed by atoms with Crippen LogP contribution in [-0.2, 0) is 4.79 Å². The van der Waals surface area contributed by atoms with Crippen LogP contribution < -0.4 is 5.32 Å². The number of carbonyl (C=O) groups is 1. The van der Waals surface area contributed by atoms with E-state index in [0.717, 1.165) is 10.4 Å². The predicted octanol–water partition coefficient (Wildman–Crippen LogP) is 2.94.